The van der Waals surface area contributed by atoms with Crippen molar-refractivity contribution in [2.45, 2.75) is 13.3 Å². The second-order valence-electron chi connectivity index (χ2n) is 4.63. The molecule has 0 aliphatic heterocycles. The van der Waals surface area contributed by atoms with Crippen molar-refractivity contribution in [3.63, 3.8) is 0 Å². The monoisotopic (exact) mass is 281 g/mol. The van der Waals surface area contributed by atoms with Crippen LogP contribution in [0, 0.1) is 6.92 Å². The summed E-state index contributed by atoms with van der Waals surface area (Å²) >= 11 is 0. The lowest BCUT2D eigenvalue weighted by Gasteiger charge is -2.22. The Morgan fingerprint density at radius 2 is 1.90 bits per heavy atom. The van der Waals surface area contributed by atoms with E-state index in [0.29, 0.717) is 37.4 Å². The molecule has 0 unspecified atom stereocenters. The maximum absolute atomic E-state index is 12.5. The van der Waals surface area contributed by atoms with Gasteiger partial charge in [0.1, 0.15) is 5.75 Å². The molecule has 0 spiro atoms. The second kappa shape index (κ2) is 8.55. The molecule has 0 saturated carbocycles. The average molecular weight is 281 g/mol. The number of aromatic hydroxyl groups is 1. The summed E-state index contributed by atoms with van der Waals surface area (Å²) in [5.74, 6) is 0.144. The number of ether oxygens (including phenoxy) is 2. The summed E-state index contributed by atoms with van der Waals surface area (Å²) in [6.07, 6.45) is 0.781. The van der Waals surface area contributed by atoms with Gasteiger partial charge in [0.05, 0.1) is 6.61 Å². The molecule has 0 bridgehead atoms. The molecule has 1 aromatic carbocycles. The third-order valence-electron chi connectivity index (χ3n) is 3.07. The lowest BCUT2D eigenvalue weighted by Crippen LogP contribution is -2.35. The van der Waals surface area contributed by atoms with Gasteiger partial charge in [-0.3, -0.25) is 4.79 Å². The van der Waals surface area contributed by atoms with E-state index in [1.807, 2.05) is 0 Å². The number of methoxy groups -OCH3 is 2. The molecule has 0 aliphatic rings. The van der Waals surface area contributed by atoms with Crippen LogP contribution in [0.25, 0.3) is 0 Å². The van der Waals surface area contributed by atoms with E-state index < -0.39 is 0 Å². The number of aryl methyl sites for hydroxylation is 1. The SMILES string of the molecule is COCCCN(CCOC)C(=O)c1ccc(O)c(C)c1. The highest BCUT2D eigenvalue weighted by Crippen LogP contribution is 2.18. The standard InChI is InChI=1S/C15H23NO4/c1-12-11-13(5-6-14(12)17)15(18)16(8-10-20-3)7-4-9-19-2/h5-6,11,17H,4,7-10H2,1-3H3. The van der Waals surface area contributed by atoms with Crippen molar-refractivity contribution >= 4 is 5.91 Å². The Kier molecular flexibility index (Phi) is 7.04. The first kappa shape index (κ1) is 16.5. The number of hydrogen-bond acceptors (Lipinski definition) is 4. The number of phenols is 1. The molecule has 0 aliphatic carbocycles. The fourth-order valence-corrected chi connectivity index (χ4v) is 1.89. The Morgan fingerprint density at radius 1 is 1.20 bits per heavy atom. The number of carbonyl (C=O) groups excluding carboxylic acids is 1. The number of benzene rings is 1. The van der Waals surface area contributed by atoms with E-state index in [9.17, 15) is 9.90 Å². The molecule has 5 heteroatoms. The molecule has 0 fully saturated rings. The molecule has 1 aromatic rings. The summed E-state index contributed by atoms with van der Waals surface area (Å²) in [5, 5.41) is 9.52. The van der Waals surface area contributed by atoms with Crippen molar-refractivity contribution in [3.8, 4) is 5.75 Å². The lowest BCUT2D eigenvalue weighted by atomic mass is 10.1. The van der Waals surface area contributed by atoms with Crippen LogP contribution >= 0.6 is 0 Å². The Morgan fingerprint density at radius 3 is 2.50 bits per heavy atom. The first-order valence-corrected chi connectivity index (χ1v) is 6.67. The van der Waals surface area contributed by atoms with Crippen LogP contribution in [0.5, 0.6) is 5.75 Å². The smallest absolute Gasteiger partial charge is 0.253 e. The number of nitrogens with zero attached hydrogens (tertiary/aromatic N) is 1. The molecule has 1 amide bonds. The molecule has 0 aromatic heterocycles. The Labute approximate surface area is 120 Å². The van der Waals surface area contributed by atoms with Gasteiger partial charge >= 0.3 is 0 Å². The zero-order valence-electron chi connectivity index (χ0n) is 12.4. The van der Waals surface area contributed by atoms with E-state index in [-0.39, 0.29) is 11.7 Å². The largest absolute Gasteiger partial charge is 0.508 e. The molecule has 0 radical (unpaired) electrons. The summed E-state index contributed by atoms with van der Waals surface area (Å²) in [5.41, 5.74) is 1.27. The summed E-state index contributed by atoms with van der Waals surface area (Å²) < 4.78 is 10.1. The minimum atomic E-state index is -0.0544. The topological polar surface area (TPSA) is 59.0 Å². The average Bonchev–Trinajstić information content (AvgIpc) is 2.45. The van der Waals surface area contributed by atoms with Gasteiger partial charge in [0.15, 0.2) is 0 Å². The normalized spacial score (nSPS) is 10.6. The zero-order chi connectivity index (χ0) is 15.0. The first-order chi connectivity index (χ1) is 9.60. The number of carbonyl (C=O) groups is 1. The molecule has 112 valence electrons. The highest BCUT2D eigenvalue weighted by Gasteiger charge is 2.16. The summed E-state index contributed by atoms with van der Waals surface area (Å²) in [6.45, 7) is 4.05. The summed E-state index contributed by atoms with van der Waals surface area (Å²) in [6, 6.07) is 4.89. The quantitative estimate of drug-likeness (QED) is 0.739. The van der Waals surface area contributed by atoms with Gasteiger partial charge in [-0.2, -0.15) is 0 Å². The molecule has 0 heterocycles. The maximum atomic E-state index is 12.5. The van der Waals surface area contributed by atoms with Gasteiger partial charge in [-0.05, 0) is 37.1 Å². The molecular formula is C15H23NO4. The highest BCUT2D eigenvalue weighted by molar-refractivity contribution is 5.94. The van der Waals surface area contributed by atoms with Crippen LogP contribution in [0.1, 0.15) is 22.3 Å². The lowest BCUT2D eigenvalue weighted by molar-refractivity contribution is 0.0674. The Balaban J connectivity index is 2.76. The van der Waals surface area contributed by atoms with E-state index in [1.54, 1.807) is 44.2 Å². The van der Waals surface area contributed by atoms with Gasteiger partial charge in [0.25, 0.3) is 5.91 Å². The molecule has 0 saturated heterocycles. The van der Waals surface area contributed by atoms with Crippen LogP contribution in [0.3, 0.4) is 0 Å². The number of phenolic OH excluding ortho intramolecular Hbond substituents is 1. The van der Waals surface area contributed by atoms with Crippen LogP contribution in [-0.2, 0) is 9.47 Å². The minimum Gasteiger partial charge on any atom is -0.508 e. The molecular weight excluding hydrogens is 258 g/mol. The Bertz CT molecular complexity index is 434. The van der Waals surface area contributed by atoms with Crippen molar-refractivity contribution in [2.24, 2.45) is 0 Å². The van der Waals surface area contributed by atoms with E-state index in [2.05, 4.69) is 0 Å². The van der Waals surface area contributed by atoms with E-state index >= 15 is 0 Å². The van der Waals surface area contributed by atoms with Gasteiger partial charge in [-0.1, -0.05) is 0 Å². The molecule has 1 rings (SSSR count). The molecule has 1 N–H and O–H groups in total. The van der Waals surface area contributed by atoms with Crippen molar-refractivity contribution in [2.75, 3.05) is 40.5 Å². The van der Waals surface area contributed by atoms with Crippen molar-refractivity contribution in [3.05, 3.63) is 29.3 Å². The third-order valence-corrected chi connectivity index (χ3v) is 3.07. The van der Waals surface area contributed by atoms with Gasteiger partial charge in [-0.15, -0.1) is 0 Å². The van der Waals surface area contributed by atoms with Crippen LogP contribution in [0.4, 0.5) is 0 Å². The number of hydrogen-bond donors (Lipinski definition) is 1. The number of amides is 1. The van der Waals surface area contributed by atoms with E-state index in [4.69, 9.17) is 9.47 Å². The van der Waals surface area contributed by atoms with Crippen LogP contribution in [0.15, 0.2) is 18.2 Å². The van der Waals surface area contributed by atoms with Gasteiger partial charge in [0.2, 0.25) is 0 Å². The van der Waals surface area contributed by atoms with Crippen molar-refractivity contribution in [1.29, 1.82) is 0 Å². The highest BCUT2D eigenvalue weighted by atomic mass is 16.5. The molecule has 20 heavy (non-hydrogen) atoms. The zero-order valence-corrected chi connectivity index (χ0v) is 12.4. The summed E-state index contributed by atoms with van der Waals surface area (Å²) in [7, 11) is 3.26. The van der Waals surface area contributed by atoms with Gasteiger partial charge in [-0.25, -0.2) is 0 Å². The summed E-state index contributed by atoms with van der Waals surface area (Å²) in [4.78, 5) is 14.2. The predicted octanol–water partition coefficient (Wildman–Crippen LogP) is 1.83. The van der Waals surface area contributed by atoms with Crippen LogP contribution in [-0.4, -0.2) is 56.4 Å². The fraction of sp³-hybridized carbons (Fsp3) is 0.533. The van der Waals surface area contributed by atoms with Gasteiger partial charge < -0.3 is 19.5 Å². The van der Waals surface area contributed by atoms with Crippen LogP contribution in [0.2, 0.25) is 0 Å². The van der Waals surface area contributed by atoms with Crippen molar-refractivity contribution < 1.29 is 19.4 Å². The minimum absolute atomic E-state index is 0.0544. The number of rotatable bonds is 8. The first-order valence-electron chi connectivity index (χ1n) is 6.67. The van der Waals surface area contributed by atoms with Crippen LogP contribution < -0.4 is 0 Å². The second-order valence-corrected chi connectivity index (χ2v) is 4.63. The molecule has 5 nitrogen and oxygen atoms in total. The van der Waals surface area contributed by atoms with Crippen molar-refractivity contribution in [1.82, 2.24) is 4.90 Å². The van der Waals surface area contributed by atoms with Gasteiger partial charge in [0, 0.05) is 39.5 Å². The fourth-order valence-electron chi connectivity index (χ4n) is 1.89. The Hall–Kier alpha value is -1.59. The predicted molar refractivity (Wildman–Crippen MR) is 77.1 cm³/mol. The maximum Gasteiger partial charge on any atom is 0.253 e. The molecule has 0 atom stereocenters. The van der Waals surface area contributed by atoms with E-state index in [0.717, 1.165) is 6.42 Å². The third kappa shape index (κ3) is 4.83. The van der Waals surface area contributed by atoms with E-state index in [1.165, 1.54) is 0 Å².